The maximum absolute atomic E-state index is 11.9. The van der Waals surface area contributed by atoms with Gasteiger partial charge in [0.1, 0.15) is 26.4 Å². The Kier molecular flexibility index (Phi) is 14.2. The first-order chi connectivity index (χ1) is 14.6. The number of esters is 2. The van der Waals surface area contributed by atoms with Crippen LogP contribution in [0.5, 0.6) is 0 Å². The first kappa shape index (κ1) is 28.0. The number of carbonyl (C=O) groups excluding carboxylic acids is 4. The Morgan fingerprint density at radius 1 is 0.839 bits per heavy atom. The number of rotatable bonds is 15. The van der Waals surface area contributed by atoms with Crippen LogP contribution in [-0.2, 0) is 28.5 Å². The molecule has 0 saturated heterocycles. The number of hydrogen-bond acceptors (Lipinski definition) is 8. The Bertz CT molecular complexity index is 619. The lowest BCUT2D eigenvalue weighted by Crippen LogP contribution is -2.48. The van der Waals surface area contributed by atoms with Crippen LogP contribution >= 0.6 is 0 Å². The number of ether oxygens (including phenoxy) is 4. The molecule has 31 heavy (non-hydrogen) atoms. The van der Waals surface area contributed by atoms with E-state index in [9.17, 15) is 19.2 Å². The van der Waals surface area contributed by atoms with Gasteiger partial charge >= 0.3 is 24.1 Å². The van der Waals surface area contributed by atoms with Crippen molar-refractivity contribution < 1.29 is 38.1 Å². The molecule has 0 heterocycles. The number of nitrogens with one attached hydrogen (secondary N) is 2. The molecule has 0 bridgehead atoms. The molecule has 0 aromatic carbocycles. The minimum atomic E-state index is -0.588. The zero-order valence-corrected chi connectivity index (χ0v) is 18.6. The van der Waals surface area contributed by atoms with Crippen LogP contribution in [0.1, 0.15) is 40.0 Å². The van der Waals surface area contributed by atoms with E-state index in [0.29, 0.717) is 6.54 Å². The molecule has 0 saturated carbocycles. The van der Waals surface area contributed by atoms with Gasteiger partial charge in [-0.2, -0.15) is 0 Å². The van der Waals surface area contributed by atoms with E-state index >= 15 is 0 Å². The molecular formula is C21H34N2O8. The summed E-state index contributed by atoms with van der Waals surface area (Å²) in [7, 11) is 0. The van der Waals surface area contributed by atoms with Crippen molar-refractivity contribution in [3.8, 4) is 0 Å². The second kappa shape index (κ2) is 15.8. The third-order valence-corrected chi connectivity index (χ3v) is 4.44. The van der Waals surface area contributed by atoms with Crippen LogP contribution in [0, 0.1) is 5.92 Å². The van der Waals surface area contributed by atoms with Gasteiger partial charge in [0.25, 0.3) is 0 Å². The third-order valence-electron chi connectivity index (χ3n) is 4.44. The summed E-state index contributed by atoms with van der Waals surface area (Å²) in [5.41, 5.74) is -0.510. The highest BCUT2D eigenvalue weighted by atomic mass is 16.6. The van der Waals surface area contributed by atoms with Crippen molar-refractivity contribution in [3.63, 3.8) is 0 Å². The summed E-state index contributed by atoms with van der Waals surface area (Å²) >= 11 is 0. The summed E-state index contributed by atoms with van der Waals surface area (Å²) in [6.45, 7) is 12.6. The summed E-state index contributed by atoms with van der Waals surface area (Å²) in [4.78, 5) is 45.1. The maximum Gasteiger partial charge on any atom is 0.407 e. The Hall–Kier alpha value is -3.04. The Morgan fingerprint density at radius 3 is 1.84 bits per heavy atom. The Morgan fingerprint density at radius 2 is 1.32 bits per heavy atom. The van der Waals surface area contributed by atoms with E-state index in [4.69, 9.17) is 14.2 Å². The van der Waals surface area contributed by atoms with Gasteiger partial charge in [0.2, 0.25) is 0 Å². The molecule has 2 N–H and O–H groups in total. The molecule has 0 aromatic heterocycles. The highest BCUT2D eigenvalue weighted by Gasteiger charge is 2.27. The smallest absolute Gasteiger partial charge is 0.407 e. The van der Waals surface area contributed by atoms with Crippen molar-refractivity contribution in [2.24, 2.45) is 5.92 Å². The first-order valence-electron chi connectivity index (χ1n) is 10.1. The lowest BCUT2D eigenvalue weighted by Gasteiger charge is -2.32. The van der Waals surface area contributed by atoms with E-state index in [1.54, 1.807) is 0 Å². The summed E-state index contributed by atoms with van der Waals surface area (Å²) in [6.07, 6.45) is 3.29. The van der Waals surface area contributed by atoms with Gasteiger partial charge in [0.15, 0.2) is 0 Å². The fourth-order valence-corrected chi connectivity index (χ4v) is 2.27. The molecule has 0 spiro atoms. The number of amides is 2. The molecule has 10 nitrogen and oxygen atoms in total. The summed E-state index contributed by atoms with van der Waals surface area (Å²) in [5.74, 6) is -1.00. The topological polar surface area (TPSA) is 129 Å². The normalized spacial score (nSPS) is 11.5. The summed E-state index contributed by atoms with van der Waals surface area (Å²) in [6, 6.07) is 0. The predicted molar refractivity (Wildman–Crippen MR) is 113 cm³/mol. The predicted octanol–water partition coefficient (Wildman–Crippen LogP) is 2.48. The van der Waals surface area contributed by atoms with Crippen molar-refractivity contribution in [2.45, 2.75) is 45.6 Å². The molecule has 0 rings (SSSR count). The van der Waals surface area contributed by atoms with Gasteiger partial charge in [-0.05, 0) is 32.6 Å². The van der Waals surface area contributed by atoms with Crippen LogP contribution in [-0.4, -0.2) is 62.6 Å². The van der Waals surface area contributed by atoms with Crippen molar-refractivity contribution in [2.75, 3.05) is 33.0 Å². The molecule has 1 unspecified atom stereocenters. The lowest BCUT2D eigenvalue weighted by atomic mass is 9.85. The molecule has 0 aliphatic rings. The fraction of sp³-hybridized carbons (Fsp3) is 0.619. The molecular weight excluding hydrogens is 408 g/mol. The van der Waals surface area contributed by atoms with E-state index in [1.165, 1.54) is 0 Å². The average molecular weight is 443 g/mol. The maximum atomic E-state index is 11.9. The Balaban J connectivity index is 3.91. The molecule has 1 atom stereocenters. The standard InChI is InChI=1S/C21H34N2O8/c1-6-17(24)28-12-14-30-19(26)22-11-9-8-10-16(3)21(4,5)23-20(27)31-15-13-29-18(25)7-2/h6-7,16H,1-2,8-15H2,3-5H3,(H,22,26)(H,23,27). The lowest BCUT2D eigenvalue weighted by molar-refractivity contribution is -0.139. The van der Waals surface area contributed by atoms with Crippen LogP contribution in [0.25, 0.3) is 0 Å². The number of hydrogen-bond donors (Lipinski definition) is 2. The van der Waals surface area contributed by atoms with Gasteiger partial charge in [-0.1, -0.05) is 26.5 Å². The Labute approximate surface area is 183 Å². The molecule has 0 aromatic rings. The molecule has 0 fully saturated rings. The number of alkyl carbamates (subject to hydrolysis) is 2. The minimum absolute atomic E-state index is 0.0275. The fourth-order valence-electron chi connectivity index (χ4n) is 2.27. The quantitative estimate of drug-likeness (QED) is 0.171. The van der Waals surface area contributed by atoms with Crippen molar-refractivity contribution in [1.82, 2.24) is 10.6 Å². The van der Waals surface area contributed by atoms with Crippen LogP contribution in [0.4, 0.5) is 9.59 Å². The van der Waals surface area contributed by atoms with E-state index in [1.807, 2.05) is 20.8 Å². The molecule has 176 valence electrons. The van der Waals surface area contributed by atoms with Crippen LogP contribution in [0.2, 0.25) is 0 Å². The van der Waals surface area contributed by atoms with Crippen LogP contribution < -0.4 is 10.6 Å². The van der Waals surface area contributed by atoms with E-state index in [0.717, 1.165) is 31.4 Å². The van der Waals surface area contributed by atoms with Crippen molar-refractivity contribution >= 4 is 24.1 Å². The SMILES string of the molecule is C=CC(=O)OCCOC(=O)NCCCCC(C)C(C)(C)NC(=O)OCCOC(=O)C=C. The highest BCUT2D eigenvalue weighted by Crippen LogP contribution is 2.22. The van der Waals surface area contributed by atoms with Gasteiger partial charge in [-0.3, -0.25) is 0 Å². The van der Waals surface area contributed by atoms with E-state index in [2.05, 4.69) is 28.5 Å². The molecule has 0 aliphatic heterocycles. The van der Waals surface area contributed by atoms with Crippen molar-refractivity contribution in [3.05, 3.63) is 25.3 Å². The largest absolute Gasteiger partial charge is 0.459 e. The summed E-state index contributed by atoms with van der Waals surface area (Å²) < 4.78 is 19.3. The molecule has 2 amide bonds. The second-order valence-corrected chi connectivity index (χ2v) is 7.19. The van der Waals surface area contributed by atoms with Gasteiger partial charge in [0.05, 0.1) is 0 Å². The van der Waals surface area contributed by atoms with E-state index in [-0.39, 0.29) is 32.3 Å². The molecule has 10 heteroatoms. The molecule has 0 aliphatic carbocycles. The monoisotopic (exact) mass is 442 g/mol. The average Bonchev–Trinajstić information content (AvgIpc) is 2.72. The molecule has 0 radical (unpaired) electrons. The van der Waals surface area contributed by atoms with Crippen LogP contribution in [0.3, 0.4) is 0 Å². The van der Waals surface area contributed by atoms with Gasteiger partial charge in [0, 0.05) is 24.2 Å². The first-order valence-corrected chi connectivity index (χ1v) is 10.1. The van der Waals surface area contributed by atoms with Gasteiger partial charge < -0.3 is 29.6 Å². The minimum Gasteiger partial charge on any atom is -0.459 e. The van der Waals surface area contributed by atoms with Gasteiger partial charge in [-0.15, -0.1) is 0 Å². The zero-order valence-electron chi connectivity index (χ0n) is 18.6. The highest BCUT2D eigenvalue weighted by molar-refractivity contribution is 5.81. The third kappa shape index (κ3) is 14.6. The summed E-state index contributed by atoms with van der Waals surface area (Å²) in [5, 5.41) is 5.42. The number of carbonyl (C=O) groups is 4. The van der Waals surface area contributed by atoms with E-state index < -0.39 is 29.7 Å². The van der Waals surface area contributed by atoms with Gasteiger partial charge in [-0.25, -0.2) is 19.2 Å². The number of unbranched alkanes of at least 4 members (excludes halogenated alkanes) is 1. The van der Waals surface area contributed by atoms with Crippen LogP contribution in [0.15, 0.2) is 25.3 Å². The zero-order chi connectivity index (χ0) is 23.7. The second-order valence-electron chi connectivity index (χ2n) is 7.19. The van der Waals surface area contributed by atoms with Crippen molar-refractivity contribution in [1.29, 1.82) is 0 Å².